The number of aryl methyl sites for hydroxylation is 1. The molecule has 3 N–H and O–H groups in total. The molecule has 7 nitrogen and oxygen atoms in total. The Hall–Kier alpha value is -2.67. The second-order valence-corrected chi connectivity index (χ2v) is 6.51. The summed E-state index contributed by atoms with van der Waals surface area (Å²) in [7, 11) is 1.85. The number of nitrogens with one attached hydrogen (secondary N) is 1. The normalized spacial score (nSPS) is 14.6. The van der Waals surface area contributed by atoms with E-state index in [0.717, 1.165) is 50.1 Å². The fraction of sp³-hybridized carbons (Fsp3) is 0.389. The molecule has 0 saturated heterocycles. The van der Waals surface area contributed by atoms with Crippen molar-refractivity contribution in [2.24, 2.45) is 7.05 Å². The molecular formula is C18H23N7. The first-order valence-electron chi connectivity index (χ1n) is 8.69. The minimum atomic E-state index is 0.466. The van der Waals surface area contributed by atoms with Gasteiger partial charge >= 0.3 is 0 Å². The number of fused-ring (bicyclic) bond motifs is 2. The van der Waals surface area contributed by atoms with Crippen LogP contribution in [0.25, 0.3) is 11.0 Å². The predicted octanol–water partition coefficient (Wildman–Crippen LogP) is 1.81. The lowest BCUT2D eigenvalue weighted by Crippen LogP contribution is -2.32. The zero-order valence-electron chi connectivity index (χ0n) is 14.4. The van der Waals surface area contributed by atoms with E-state index >= 15 is 0 Å². The molecule has 4 rings (SSSR count). The molecule has 3 aromatic rings. The molecule has 0 spiro atoms. The second kappa shape index (κ2) is 6.68. The highest BCUT2D eigenvalue weighted by Gasteiger charge is 2.15. The zero-order chi connectivity index (χ0) is 17.2. The molecular weight excluding hydrogens is 314 g/mol. The van der Waals surface area contributed by atoms with Crippen LogP contribution in [0.3, 0.4) is 0 Å². The van der Waals surface area contributed by atoms with Crippen LogP contribution in [-0.2, 0) is 20.0 Å². The number of nitrogen functional groups attached to an aromatic ring is 1. The van der Waals surface area contributed by atoms with Crippen molar-refractivity contribution in [3.63, 3.8) is 0 Å². The second-order valence-electron chi connectivity index (χ2n) is 6.51. The minimum absolute atomic E-state index is 0.466. The topological polar surface area (TPSA) is 84.9 Å². The minimum Gasteiger partial charge on any atom is -0.383 e. The number of nitrogens with zero attached hydrogens (tertiary/aromatic N) is 5. The summed E-state index contributed by atoms with van der Waals surface area (Å²) >= 11 is 0. The lowest BCUT2D eigenvalue weighted by atomic mass is 10.00. The van der Waals surface area contributed by atoms with Gasteiger partial charge in [-0.05, 0) is 24.0 Å². The van der Waals surface area contributed by atoms with E-state index in [2.05, 4.69) is 49.5 Å². The van der Waals surface area contributed by atoms with Crippen LogP contribution in [0.4, 0.5) is 11.8 Å². The van der Waals surface area contributed by atoms with Crippen molar-refractivity contribution < 1.29 is 0 Å². The Bertz CT molecular complexity index is 886. The van der Waals surface area contributed by atoms with E-state index in [4.69, 9.17) is 5.73 Å². The summed E-state index contributed by atoms with van der Waals surface area (Å²) in [6, 6.07) is 8.73. The number of aromatic nitrogens is 4. The number of anilines is 2. The molecule has 0 saturated carbocycles. The Kier molecular flexibility index (Phi) is 4.23. The Morgan fingerprint density at radius 3 is 2.92 bits per heavy atom. The maximum Gasteiger partial charge on any atom is 0.226 e. The fourth-order valence-corrected chi connectivity index (χ4v) is 3.37. The largest absolute Gasteiger partial charge is 0.383 e. The van der Waals surface area contributed by atoms with Crippen LogP contribution in [0.5, 0.6) is 0 Å². The summed E-state index contributed by atoms with van der Waals surface area (Å²) in [6.07, 6.45) is 3.87. The highest BCUT2D eigenvalue weighted by molar-refractivity contribution is 5.86. The van der Waals surface area contributed by atoms with Crippen LogP contribution < -0.4 is 11.1 Å². The standard InChI is InChI=1S/C18H23N7/c1-24-17-15(11-21-24)16(19)22-18(23-17)20-8-4-9-25-10-7-13-5-2-3-6-14(13)12-25/h2-3,5-6,11H,4,7-10,12H2,1H3,(H3,19,20,22,23). The lowest BCUT2D eigenvalue weighted by molar-refractivity contribution is 0.253. The first-order valence-corrected chi connectivity index (χ1v) is 8.69. The Morgan fingerprint density at radius 2 is 2.04 bits per heavy atom. The highest BCUT2D eigenvalue weighted by atomic mass is 15.3. The maximum absolute atomic E-state index is 5.98. The van der Waals surface area contributed by atoms with E-state index in [0.29, 0.717) is 11.8 Å². The molecule has 0 atom stereocenters. The Balaban J connectivity index is 1.31. The van der Waals surface area contributed by atoms with Gasteiger partial charge in [-0.15, -0.1) is 0 Å². The van der Waals surface area contributed by atoms with Gasteiger partial charge in [-0.2, -0.15) is 15.1 Å². The van der Waals surface area contributed by atoms with Gasteiger partial charge in [0, 0.05) is 33.2 Å². The van der Waals surface area contributed by atoms with Crippen molar-refractivity contribution in [3.05, 3.63) is 41.6 Å². The first kappa shape index (κ1) is 15.8. The van der Waals surface area contributed by atoms with Crippen molar-refractivity contribution in [2.45, 2.75) is 19.4 Å². The molecule has 0 aliphatic carbocycles. The van der Waals surface area contributed by atoms with Crippen molar-refractivity contribution in [3.8, 4) is 0 Å². The number of hydrogen-bond donors (Lipinski definition) is 2. The molecule has 7 heteroatoms. The average molecular weight is 337 g/mol. The third kappa shape index (κ3) is 3.28. The van der Waals surface area contributed by atoms with E-state index in [9.17, 15) is 0 Å². The van der Waals surface area contributed by atoms with Gasteiger partial charge in [-0.3, -0.25) is 9.58 Å². The van der Waals surface area contributed by atoms with Gasteiger partial charge < -0.3 is 11.1 Å². The third-order valence-corrected chi connectivity index (χ3v) is 4.77. The first-order chi connectivity index (χ1) is 12.2. The van der Waals surface area contributed by atoms with Crippen LogP contribution in [-0.4, -0.2) is 44.3 Å². The van der Waals surface area contributed by atoms with Crippen molar-refractivity contribution in [1.82, 2.24) is 24.6 Å². The quantitative estimate of drug-likeness (QED) is 0.691. The van der Waals surface area contributed by atoms with Gasteiger partial charge in [0.15, 0.2) is 5.65 Å². The Labute approximate surface area is 146 Å². The summed E-state index contributed by atoms with van der Waals surface area (Å²) in [4.78, 5) is 11.3. The number of hydrogen-bond acceptors (Lipinski definition) is 6. The van der Waals surface area contributed by atoms with Crippen LogP contribution >= 0.6 is 0 Å². The molecule has 0 radical (unpaired) electrons. The molecule has 130 valence electrons. The fourth-order valence-electron chi connectivity index (χ4n) is 3.37. The van der Waals surface area contributed by atoms with Crippen LogP contribution in [0.15, 0.2) is 30.5 Å². The van der Waals surface area contributed by atoms with E-state index in [1.165, 1.54) is 11.1 Å². The molecule has 0 bridgehead atoms. The van der Waals surface area contributed by atoms with Crippen LogP contribution in [0.2, 0.25) is 0 Å². The summed E-state index contributed by atoms with van der Waals surface area (Å²) in [5, 5.41) is 8.25. The van der Waals surface area contributed by atoms with Gasteiger partial charge in [0.1, 0.15) is 5.82 Å². The van der Waals surface area contributed by atoms with Crippen molar-refractivity contribution in [1.29, 1.82) is 0 Å². The number of rotatable bonds is 5. The smallest absolute Gasteiger partial charge is 0.226 e. The van der Waals surface area contributed by atoms with E-state index in [-0.39, 0.29) is 0 Å². The monoisotopic (exact) mass is 337 g/mol. The lowest BCUT2D eigenvalue weighted by Gasteiger charge is -2.28. The summed E-state index contributed by atoms with van der Waals surface area (Å²) in [5.74, 6) is 1.03. The molecule has 2 aromatic heterocycles. The zero-order valence-corrected chi connectivity index (χ0v) is 14.4. The van der Waals surface area contributed by atoms with Crippen molar-refractivity contribution >= 4 is 22.8 Å². The molecule has 3 heterocycles. The summed E-state index contributed by atoms with van der Waals surface area (Å²) < 4.78 is 1.71. The molecule has 1 aliphatic heterocycles. The van der Waals surface area contributed by atoms with Crippen LogP contribution in [0, 0.1) is 0 Å². The van der Waals surface area contributed by atoms with Gasteiger partial charge in [-0.1, -0.05) is 24.3 Å². The van der Waals surface area contributed by atoms with Crippen molar-refractivity contribution in [2.75, 3.05) is 30.7 Å². The molecule has 1 aromatic carbocycles. The number of benzene rings is 1. The van der Waals surface area contributed by atoms with Gasteiger partial charge in [0.05, 0.1) is 11.6 Å². The highest BCUT2D eigenvalue weighted by Crippen LogP contribution is 2.19. The van der Waals surface area contributed by atoms with Gasteiger partial charge in [0.25, 0.3) is 0 Å². The molecule has 0 fully saturated rings. The molecule has 0 amide bonds. The van der Waals surface area contributed by atoms with E-state index < -0.39 is 0 Å². The molecule has 25 heavy (non-hydrogen) atoms. The average Bonchev–Trinajstić information content (AvgIpc) is 3.00. The van der Waals surface area contributed by atoms with E-state index in [1.54, 1.807) is 10.9 Å². The maximum atomic E-state index is 5.98. The molecule has 1 aliphatic rings. The summed E-state index contributed by atoms with van der Waals surface area (Å²) in [5.41, 5.74) is 9.69. The molecule has 0 unspecified atom stereocenters. The van der Waals surface area contributed by atoms with Gasteiger partial charge in [-0.25, -0.2) is 0 Å². The third-order valence-electron chi connectivity index (χ3n) is 4.77. The van der Waals surface area contributed by atoms with E-state index in [1.807, 2.05) is 7.05 Å². The van der Waals surface area contributed by atoms with Gasteiger partial charge in [0.2, 0.25) is 5.95 Å². The van der Waals surface area contributed by atoms with Crippen LogP contribution in [0.1, 0.15) is 17.5 Å². The predicted molar refractivity (Wildman–Crippen MR) is 99.2 cm³/mol. The number of nitrogens with two attached hydrogens (primary N) is 1. The SMILES string of the molecule is Cn1ncc2c(N)nc(NCCCN3CCc4ccccc4C3)nc21. The summed E-state index contributed by atoms with van der Waals surface area (Å²) in [6.45, 7) is 4.05. The Morgan fingerprint density at radius 1 is 1.20 bits per heavy atom.